The average molecular weight is 300 g/mol. The normalized spacial score (nSPS) is 11.1. The molecule has 1 rings (SSSR count). The molecular weight excluding hydrogens is 286 g/mol. The van der Waals surface area contributed by atoms with Crippen molar-refractivity contribution >= 4 is 27.8 Å². The van der Waals surface area contributed by atoms with E-state index in [9.17, 15) is 9.59 Å². The third-order valence-corrected chi connectivity index (χ3v) is 3.02. The fraction of sp³-hybridized carbons (Fsp3) is 0.333. The molecule has 0 bridgehead atoms. The Morgan fingerprint density at radius 3 is 2.47 bits per heavy atom. The Hall–Kier alpha value is -1.36. The van der Waals surface area contributed by atoms with Crippen LogP contribution in [0.15, 0.2) is 22.7 Å². The van der Waals surface area contributed by atoms with Gasteiger partial charge in [-0.15, -0.1) is 0 Å². The van der Waals surface area contributed by atoms with E-state index < -0.39 is 17.4 Å². The minimum atomic E-state index is -1.29. The van der Waals surface area contributed by atoms with Gasteiger partial charge in [-0.1, -0.05) is 11.6 Å². The summed E-state index contributed by atoms with van der Waals surface area (Å²) in [4.78, 5) is 22.8. The van der Waals surface area contributed by atoms with Crippen molar-refractivity contribution in [2.75, 3.05) is 0 Å². The molecule has 0 fully saturated rings. The van der Waals surface area contributed by atoms with E-state index in [0.717, 1.165) is 5.56 Å². The molecule has 17 heavy (non-hydrogen) atoms. The number of aliphatic carboxylic acids is 1. The van der Waals surface area contributed by atoms with Gasteiger partial charge >= 0.3 is 5.97 Å². The van der Waals surface area contributed by atoms with Crippen molar-refractivity contribution in [1.29, 1.82) is 0 Å². The first-order valence-corrected chi connectivity index (χ1v) is 5.85. The lowest BCUT2D eigenvalue weighted by Gasteiger charge is -2.21. The molecule has 0 heterocycles. The Bertz CT molecular complexity index is 469. The quantitative estimate of drug-likeness (QED) is 0.900. The highest BCUT2D eigenvalue weighted by Gasteiger charge is 2.29. The van der Waals surface area contributed by atoms with Crippen molar-refractivity contribution in [3.05, 3.63) is 33.8 Å². The third-order valence-electron chi connectivity index (χ3n) is 2.33. The molecule has 92 valence electrons. The van der Waals surface area contributed by atoms with Crippen LogP contribution in [0.1, 0.15) is 29.8 Å². The van der Waals surface area contributed by atoms with E-state index in [2.05, 4.69) is 21.2 Å². The molecule has 0 atom stereocenters. The van der Waals surface area contributed by atoms with Crippen LogP contribution in [0.4, 0.5) is 0 Å². The summed E-state index contributed by atoms with van der Waals surface area (Å²) in [5.74, 6) is -1.48. The molecule has 0 saturated carbocycles. The van der Waals surface area contributed by atoms with Crippen molar-refractivity contribution < 1.29 is 14.7 Å². The maximum atomic E-state index is 11.9. The second kappa shape index (κ2) is 4.87. The lowest BCUT2D eigenvalue weighted by atomic mass is 10.0. The first-order valence-electron chi connectivity index (χ1n) is 5.06. The summed E-state index contributed by atoms with van der Waals surface area (Å²) in [6, 6.07) is 5.33. The zero-order chi connectivity index (χ0) is 13.2. The zero-order valence-electron chi connectivity index (χ0n) is 9.87. The molecule has 0 aromatic heterocycles. The number of benzene rings is 1. The Kier molecular flexibility index (Phi) is 3.93. The zero-order valence-corrected chi connectivity index (χ0v) is 11.5. The first kappa shape index (κ1) is 13.7. The van der Waals surface area contributed by atoms with Crippen molar-refractivity contribution in [1.82, 2.24) is 5.32 Å². The van der Waals surface area contributed by atoms with Gasteiger partial charge < -0.3 is 10.4 Å². The predicted octanol–water partition coefficient (Wildman–Crippen LogP) is 2.35. The number of carboxylic acids is 1. The number of carbonyl (C=O) groups excluding carboxylic acids is 1. The summed E-state index contributed by atoms with van der Waals surface area (Å²) in [7, 11) is 0. The van der Waals surface area contributed by atoms with Gasteiger partial charge in [-0.3, -0.25) is 4.79 Å². The van der Waals surface area contributed by atoms with Crippen molar-refractivity contribution in [3.8, 4) is 0 Å². The second-order valence-corrected chi connectivity index (χ2v) is 5.22. The topological polar surface area (TPSA) is 66.4 Å². The maximum absolute atomic E-state index is 11.9. The SMILES string of the molecule is Cc1ccc(Br)c(C(=O)NC(C)(C)C(=O)O)c1. The summed E-state index contributed by atoms with van der Waals surface area (Å²) in [6.07, 6.45) is 0. The van der Waals surface area contributed by atoms with E-state index in [-0.39, 0.29) is 0 Å². The van der Waals surface area contributed by atoms with Crippen LogP contribution in [-0.2, 0) is 4.79 Å². The molecule has 0 saturated heterocycles. The number of hydrogen-bond acceptors (Lipinski definition) is 2. The Balaban J connectivity index is 2.98. The maximum Gasteiger partial charge on any atom is 0.328 e. The standard InChI is InChI=1S/C12H14BrNO3/c1-7-4-5-9(13)8(6-7)10(15)14-12(2,3)11(16)17/h4-6H,1-3H3,(H,14,15)(H,16,17). The number of carboxylic acid groups (broad SMARTS) is 1. The van der Waals surface area contributed by atoms with E-state index in [1.165, 1.54) is 13.8 Å². The molecule has 0 unspecified atom stereocenters. The molecule has 0 spiro atoms. The Morgan fingerprint density at radius 2 is 1.94 bits per heavy atom. The van der Waals surface area contributed by atoms with E-state index >= 15 is 0 Å². The van der Waals surface area contributed by atoms with Gasteiger partial charge in [0, 0.05) is 4.47 Å². The highest BCUT2D eigenvalue weighted by Crippen LogP contribution is 2.19. The van der Waals surface area contributed by atoms with Crippen LogP contribution >= 0.6 is 15.9 Å². The Labute approximate surface area is 108 Å². The number of rotatable bonds is 3. The molecule has 2 N–H and O–H groups in total. The monoisotopic (exact) mass is 299 g/mol. The Morgan fingerprint density at radius 1 is 1.35 bits per heavy atom. The minimum absolute atomic E-state index is 0.409. The van der Waals surface area contributed by atoms with Crippen molar-refractivity contribution in [2.24, 2.45) is 0 Å². The molecule has 1 aromatic carbocycles. The van der Waals surface area contributed by atoms with Gasteiger partial charge in [0.05, 0.1) is 5.56 Å². The molecule has 1 aromatic rings. The van der Waals surface area contributed by atoms with Gasteiger partial charge in [0.25, 0.3) is 5.91 Å². The highest BCUT2D eigenvalue weighted by molar-refractivity contribution is 9.10. The van der Waals surface area contributed by atoms with Crippen LogP contribution in [0.25, 0.3) is 0 Å². The van der Waals surface area contributed by atoms with Gasteiger partial charge in [0.2, 0.25) is 0 Å². The summed E-state index contributed by atoms with van der Waals surface area (Å²) in [6.45, 7) is 4.75. The molecule has 0 radical (unpaired) electrons. The number of amides is 1. The fourth-order valence-electron chi connectivity index (χ4n) is 1.22. The average Bonchev–Trinajstić information content (AvgIpc) is 2.20. The molecule has 0 aliphatic rings. The van der Waals surface area contributed by atoms with Crippen molar-refractivity contribution in [2.45, 2.75) is 26.3 Å². The van der Waals surface area contributed by atoms with E-state index in [4.69, 9.17) is 5.11 Å². The number of carbonyl (C=O) groups is 2. The van der Waals surface area contributed by atoms with Crippen LogP contribution in [0, 0.1) is 6.92 Å². The van der Waals surface area contributed by atoms with Crippen molar-refractivity contribution in [3.63, 3.8) is 0 Å². The lowest BCUT2D eigenvalue weighted by Crippen LogP contribution is -2.49. The fourth-order valence-corrected chi connectivity index (χ4v) is 1.64. The van der Waals surface area contributed by atoms with Gasteiger partial charge in [-0.05, 0) is 48.8 Å². The van der Waals surface area contributed by atoms with E-state index in [1.54, 1.807) is 12.1 Å². The summed E-state index contributed by atoms with van der Waals surface area (Å²) >= 11 is 3.27. The molecule has 4 nitrogen and oxygen atoms in total. The molecular formula is C12H14BrNO3. The summed E-state index contributed by atoms with van der Waals surface area (Å²) in [5, 5.41) is 11.4. The molecule has 0 aliphatic carbocycles. The number of nitrogens with one attached hydrogen (secondary N) is 1. The van der Waals surface area contributed by atoms with Crippen LogP contribution in [0.5, 0.6) is 0 Å². The van der Waals surface area contributed by atoms with E-state index in [1.807, 2.05) is 13.0 Å². The smallest absolute Gasteiger partial charge is 0.328 e. The molecule has 5 heteroatoms. The van der Waals surface area contributed by atoms with E-state index in [0.29, 0.717) is 10.0 Å². The summed E-state index contributed by atoms with van der Waals surface area (Å²) < 4.78 is 0.641. The largest absolute Gasteiger partial charge is 0.480 e. The predicted molar refractivity (Wildman–Crippen MR) is 68.1 cm³/mol. The first-order chi connectivity index (χ1) is 7.74. The molecule has 0 aliphatic heterocycles. The van der Waals surface area contributed by atoms with Crippen LogP contribution in [0.3, 0.4) is 0 Å². The molecule has 1 amide bonds. The summed E-state index contributed by atoms with van der Waals surface area (Å²) in [5.41, 5.74) is 0.0751. The van der Waals surface area contributed by atoms with Crippen LogP contribution in [-0.4, -0.2) is 22.5 Å². The van der Waals surface area contributed by atoms with Crippen LogP contribution < -0.4 is 5.32 Å². The van der Waals surface area contributed by atoms with Gasteiger partial charge in [0.15, 0.2) is 0 Å². The van der Waals surface area contributed by atoms with Gasteiger partial charge in [0.1, 0.15) is 5.54 Å². The van der Waals surface area contributed by atoms with Gasteiger partial charge in [-0.2, -0.15) is 0 Å². The lowest BCUT2D eigenvalue weighted by molar-refractivity contribution is -0.143. The number of halogens is 1. The van der Waals surface area contributed by atoms with Gasteiger partial charge in [-0.25, -0.2) is 4.79 Å². The third kappa shape index (κ3) is 3.30. The highest BCUT2D eigenvalue weighted by atomic mass is 79.9. The number of aryl methyl sites for hydroxylation is 1. The minimum Gasteiger partial charge on any atom is -0.480 e. The number of hydrogen-bond donors (Lipinski definition) is 2. The van der Waals surface area contributed by atoms with Crippen LogP contribution in [0.2, 0.25) is 0 Å². The second-order valence-electron chi connectivity index (χ2n) is 4.37.